The maximum atomic E-state index is 9.36. The van der Waals surface area contributed by atoms with Crippen molar-refractivity contribution in [1.82, 2.24) is 5.32 Å². The summed E-state index contributed by atoms with van der Waals surface area (Å²) in [7, 11) is 0. The smallest absolute Gasteiger partial charge is 0.0538 e. The molecule has 0 fully saturated rings. The summed E-state index contributed by atoms with van der Waals surface area (Å²) in [5.74, 6) is 0. The summed E-state index contributed by atoms with van der Waals surface area (Å²) in [6, 6.07) is 0.529. The highest BCUT2D eigenvalue weighted by Gasteiger charge is 2.18. The van der Waals surface area contributed by atoms with Gasteiger partial charge in [-0.15, -0.1) is 0 Å². The maximum Gasteiger partial charge on any atom is 0.0538 e. The fourth-order valence-corrected chi connectivity index (χ4v) is 1.17. The van der Waals surface area contributed by atoms with E-state index in [0.717, 1.165) is 25.8 Å². The average molecular weight is 201 g/mol. The highest BCUT2D eigenvalue weighted by Crippen LogP contribution is 2.18. The molecule has 0 aliphatic rings. The van der Waals surface area contributed by atoms with Crippen LogP contribution in [0.1, 0.15) is 53.9 Å². The van der Waals surface area contributed by atoms with Crippen molar-refractivity contribution < 1.29 is 5.11 Å². The first-order chi connectivity index (χ1) is 6.38. The van der Waals surface area contributed by atoms with Crippen LogP contribution in [0.3, 0.4) is 0 Å². The molecule has 0 amide bonds. The molecule has 0 saturated heterocycles. The number of nitrogens with one attached hydrogen (secondary N) is 1. The molecular weight excluding hydrogens is 174 g/mol. The zero-order valence-corrected chi connectivity index (χ0v) is 10.4. The van der Waals surface area contributed by atoms with E-state index < -0.39 is 0 Å². The van der Waals surface area contributed by atoms with Crippen LogP contribution in [0.4, 0.5) is 0 Å². The quantitative estimate of drug-likeness (QED) is 0.647. The lowest BCUT2D eigenvalue weighted by molar-refractivity contribution is 0.156. The highest BCUT2D eigenvalue weighted by molar-refractivity contribution is 4.75. The van der Waals surface area contributed by atoms with Gasteiger partial charge in [0, 0.05) is 6.04 Å². The largest absolute Gasteiger partial charge is 0.393 e. The molecular formula is C12H27NO. The summed E-state index contributed by atoms with van der Waals surface area (Å²) in [6.07, 6.45) is 2.74. The molecule has 0 aromatic carbocycles. The molecule has 0 spiro atoms. The molecule has 0 saturated carbocycles. The molecule has 14 heavy (non-hydrogen) atoms. The van der Waals surface area contributed by atoms with E-state index in [1.54, 1.807) is 0 Å². The van der Waals surface area contributed by atoms with Crippen molar-refractivity contribution in [2.75, 3.05) is 6.54 Å². The Kier molecular flexibility index (Phi) is 6.38. The van der Waals surface area contributed by atoms with Crippen LogP contribution >= 0.6 is 0 Å². The SMILES string of the molecule is CCC(O)CCCNC(C)C(C)(C)C. The van der Waals surface area contributed by atoms with Crippen LogP contribution in [0.5, 0.6) is 0 Å². The second-order valence-corrected chi connectivity index (χ2v) is 5.25. The number of aliphatic hydroxyl groups is 1. The minimum absolute atomic E-state index is 0.109. The van der Waals surface area contributed by atoms with Crippen molar-refractivity contribution in [2.24, 2.45) is 5.41 Å². The third kappa shape index (κ3) is 6.39. The zero-order valence-electron chi connectivity index (χ0n) is 10.4. The summed E-state index contributed by atoms with van der Waals surface area (Å²) < 4.78 is 0. The molecule has 0 bridgehead atoms. The molecule has 0 heterocycles. The van der Waals surface area contributed by atoms with Crippen LogP contribution in [0, 0.1) is 5.41 Å². The Morgan fingerprint density at radius 1 is 1.29 bits per heavy atom. The summed E-state index contributed by atoms with van der Waals surface area (Å²) in [4.78, 5) is 0. The van der Waals surface area contributed by atoms with Gasteiger partial charge in [-0.3, -0.25) is 0 Å². The van der Waals surface area contributed by atoms with Gasteiger partial charge in [-0.2, -0.15) is 0 Å². The number of hydrogen-bond acceptors (Lipinski definition) is 2. The van der Waals surface area contributed by atoms with Crippen LogP contribution in [0.15, 0.2) is 0 Å². The van der Waals surface area contributed by atoms with E-state index in [4.69, 9.17) is 0 Å². The molecule has 0 aliphatic heterocycles. The van der Waals surface area contributed by atoms with E-state index in [-0.39, 0.29) is 6.10 Å². The summed E-state index contributed by atoms with van der Waals surface area (Å²) in [5, 5.41) is 12.8. The maximum absolute atomic E-state index is 9.36. The predicted molar refractivity (Wildman–Crippen MR) is 62.5 cm³/mol. The van der Waals surface area contributed by atoms with Crippen molar-refractivity contribution in [3.63, 3.8) is 0 Å². The minimum atomic E-state index is -0.109. The van der Waals surface area contributed by atoms with Gasteiger partial charge in [0.25, 0.3) is 0 Å². The summed E-state index contributed by atoms with van der Waals surface area (Å²) >= 11 is 0. The van der Waals surface area contributed by atoms with Crippen molar-refractivity contribution in [3.8, 4) is 0 Å². The van der Waals surface area contributed by atoms with Gasteiger partial charge in [0.2, 0.25) is 0 Å². The Morgan fingerprint density at radius 2 is 1.86 bits per heavy atom. The van der Waals surface area contributed by atoms with Gasteiger partial charge >= 0.3 is 0 Å². The number of aliphatic hydroxyl groups excluding tert-OH is 1. The molecule has 0 aromatic rings. The second kappa shape index (κ2) is 6.41. The average Bonchev–Trinajstić information content (AvgIpc) is 2.09. The predicted octanol–water partition coefficient (Wildman–Crippen LogP) is 2.56. The second-order valence-electron chi connectivity index (χ2n) is 5.25. The van der Waals surface area contributed by atoms with Crippen molar-refractivity contribution in [1.29, 1.82) is 0 Å². The lowest BCUT2D eigenvalue weighted by Gasteiger charge is -2.28. The van der Waals surface area contributed by atoms with Crippen molar-refractivity contribution in [2.45, 2.75) is 66.0 Å². The summed E-state index contributed by atoms with van der Waals surface area (Å²) in [6.45, 7) is 12.0. The molecule has 2 heteroatoms. The Labute approximate surface area is 89.1 Å². The Hall–Kier alpha value is -0.0800. The van der Waals surface area contributed by atoms with E-state index in [1.807, 2.05) is 6.92 Å². The normalized spacial score (nSPS) is 16.7. The Bertz CT molecular complexity index is 140. The standard InChI is InChI=1S/C12H27NO/c1-6-11(14)8-7-9-13-10(2)12(3,4)5/h10-11,13-14H,6-9H2,1-5H3. The fraction of sp³-hybridized carbons (Fsp3) is 1.00. The van der Waals surface area contributed by atoms with E-state index in [2.05, 4.69) is 33.0 Å². The molecule has 86 valence electrons. The molecule has 2 nitrogen and oxygen atoms in total. The van der Waals surface area contributed by atoms with Gasteiger partial charge in [-0.25, -0.2) is 0 Å². The third-order valence-corrected chi connectivity index (χ3v) is 2.93. The first-order valence-electron chi connectivity index (χ1n) is 5.79. The van der Waals surface area contributed by atoms with Gasteiger partial charge < -0.3 is 10.4 Å². The third-order valence-electron chi connectivity index (χ3n) is 2.93. The molecule has 0 aromatic heterocycles. The highest BCUT2D eigenvalue weighted by atomic mass is 16.3. The molecule has 2 atom stereocenters. The minimum Gasteiger partial charge on any atom is -0.393 e. The van der Waals surface area contributed by atoms with Crippen LogP contribution in [-0.4, -0.2) is 23.8 Å². The molecule has 0 radical (unpaired) electrons. The Morgan fingerprint density at radius 3 is 2.29 bits per heavy atom. The number of rotatable bonds is 6. The summed E-state index contributed by atoms with van der Waals surface area (Å²) in [5.41, 5.74) is 0.323. The molecule has 0 aliphatic carbocycles. The zero-order chi connectivity index (χ0) is 11.2. The topological polar surface area (TPSA) is 32.3 Å². The van der Waals surface area contributed by atoms with Crippen molar-refractivity contribution in [3.05, 3.63) is 0 Å². The molecule has 2 unspecified atom stereocenters. The first kappa shape index (κ1) is 13.9. The van der Waals surface area contributed by atoms with E-state index in [9.17, 15) is 5.11 Å². The van der Waals surface area contributed by atoms with Crippen LogP contribution < -0.4 is 5.32 Å². The number of hydrogen-bond donors (Lipinski definition) is 2. The van der Waals surface area contributed by atoms with E-state index in [0.29, 0.717) is 11.5 Å². The van der Waals surface area contributed by atoms with Crippen LogP contribution in [-0.2, 0) is 0 Å². The van der Waals surface area contributed by atoms with E-state index >= 15 is 0 Å². The van der Waals surface area contributed by atoms with Crippen LogP contribution in [0.2, 0.25) is 0 Å². The Balaban J connectivity index is 3.46. The van der Waals surface area contributed by atoms with E-state index in [1.165, 1.54) is 0 Å². The lowest BCUT2D eigenvalue weighted by Crippen LogP contribution is -2.38. The van der Waals surface area contributed by atoms with Gasteiger partial charge in [0.15, 0.2) is 0 Å². The van der Waals surface area contributed by atoms with Crippen LogP contribution in [0.25, 0.3) is 0 Å². The lowest BCUT2D eigenvalue weighted by atomic mass is 9.88. The van der Waals surface area contributed by atoms with Gasteiger partial charge in [0.05, 0.1) is 6.10 Å². The molecule has 2 N–H and O–H groups in total. The first-order valence-corrected chi connectivity index (χ1v) is 5.79. The molecule has 0 rings (SSSR count). The van der Waals surface area contributed by atoms with Gasteiger partial charge in [-0.05, 0) is 38.1 Å². The van der Waals surface area contributed by atoms with Crippen molar-refractivity contribution >= 4 is 0 Å². The van der Waals surface area contributed by atoms with Gasteiger partial charge in [0.1, 0.15) is 0 Å². The van der Waals surface area contributed by atoms with Gasteiger partial charge in [-0.1, -0.05) is 27.7 Å². The fourth-order valence-electron chi connectivity index (χ4n) is 1.17. The monoisotopic (exact) mass is 201 g/mol.